The molecule has 28 heavy (non-hydrogen) atoms. The highest BCUT2D eigenvalue weighted by Gasteiger charge is 2.24. The zero-order valence-corrected chi connectivity index (χ0v) is 18.0. The molecular formula is C20H24ClN3O3S. The lowest BCUT2D eigenvalue weighted by Gasteiger charge is -2.22. The van der Waals surface area contributed by atoms with Crippen molar-refractivity contribution in [2.75, 3.05) is 46.3 Å². The largest absolute Gasteiger partial charge is 0.497 e. The fourth-order valence-corrected chi connectivity index (χ4v) is 3.66. The van der Waals surface area contributed by atoms with Crippen molar-refractivity contribution in [1.29, 1.82) is 0 Å². The fraction of sp³-hybridized carbons (Fsp3) is 0.300. The molecule has 0 radical (unpaired) electrons. The fourth-order valence-electron chi connectivity index (χ4n) is 2.69. The van der Waals surface area contributed by atoms with Crippen LogP contribution in [0.3, 0.4) is 0 Å². The minimum atomic E-state index is -0.125. The number of anilines is 1. The van der Waals surface area contributed by atoms with Gasteiger partial charge in [0.05, 0.1) is 30.0 Å². The second-order valence-electron chi connectivity index (χ2n) is 6.29. The lowest BCUT2D eigenvalue weighted by Crippen LogP contribution is -2.36. The van der Waals surface area contributed by atoms with Crippen molar-refractivity contribution in [2.24, 2.45) is 0 Å². The summed E-state index contributed by atoms with van der Waals surface area (Å²) in [5, 5.41) is 0.663. The van der Waals surface area contributed by atoms with Gasteiger partial charge in [0, 0.05) is 19.2 Å². The van der Waals surface area contributed by atoms with Crippen molar-refractivity contribution < 1.29 is 14.3 Å². The average Bonchev–Trinajstić information content (AvgIpc) is 3.10. The van der Waals surface area contributed by atoms with Gasteiger partial charge >= 0.3 is 0 Å². The molecule has 3 rings (SSSR count). The van der Waals surface area contributed by atoms with Gasteiger partial charge in [0.15, 0.2) is 5.13 Å². The number of likely N-dealkylation sites (N-methyl/N-ethyl adjacent to an activating group) is 1. The number of fused-ring (bicyclic) bond motifs is 1. The Bertz CT molecular complexity index is 945. The van der Waals surface area contributed by atoms with E-state index in [1.54, 1.807) is 31.3 Å². The van der Waals surface area contributed by atoms with Crippen molar-refractivity contribution in [2.45, 2.75) is 0 Å². The molecule has 8 heteroatoms. The van der Waals surface area contributed by atoms with E-state index in [4.69, 9.17) is 9.47 Å². The van der Waals surface area contributed by atoms with Gasteiger partial charge in [0.1, 0.15) is 11.5 Å². The van der Waals surface area contributed by atoms with E-state index >= 15 is 0 Å². The minimum Gasteiger partial charge on any atom is -0.497 e. The average molecular weight is 422 g/mol. The molecule has 0 fully saturated rings. The number of rotatable bonds is 7. The lowest BCUT2D eigenvalue weighted by molar-refractivity contribution is 0.0982. The molecule has 0 aliphatic carbocycles. The second kappa shape index (κ2) is 9.73. The zero-order valence-electron chi connectivity index (χ0n) is 16.3. The maximum absolute atomic E-state index is 13.3. The number of ether oxygens (including phenoxy) is 2. The molecule has 150 valence electrons. The molecule has 3 aromatic rings. The van der Waals surface area contributed by atoms with Crippen LogP contribution in [0.2, 0.25) is 0 Å². The number of thiazole rings is 1. The number of benzene rings is 2. The van der Waals surface area contributed by atoms with Gasteiger partial charge in [-0.25, -0.2) is 4.98 Å². The van der Waals surface area contributed by atoms with Gasteiger partial charge in [0.2, 0.25) is 0 Å². The predicted molar refractivity (Wildman–Crippen MR) is 117 cm³/mol. The highest BCUT2D eigenvalue weighted by Crippen LogP contribution is 2.32. The lowest BCUT2D eigenvalue weighted by atomic mass is 10.1. The predicted octanol–water partition coefficient (Wildman–Crippen LogP) is 3.94. The second-order valence-corrected chi connectivity index (χ2v) is 7.30. The summed E-state index contributed by atoms with van der Waals surface area (Å²) in [5.41, 5.74) is 1.34. The first-order valence-electron chi connectivity index (χ1n) is 8.57. The van der Waals surface area contributed by atoms with Gasteiger partial charge in [-0.05, 0) is 38.4 Å². The maximum atomic E-state index is 13.3. The standard InChI is InChI=1S/C20H23N3O3S.ClH/c1-22(2)11-12-23(19(24)15-7-5-6-8-17(15)26-4)20-21-16-13-14(25-3)9-10-18(16)27-20;/h5-10,13H,11-12H2,1-4H3;1H. The number of nitrogens with zero attached hydrogens (tertiary/aromatic N) is 3. The van der Waals surface area contributed by atoms with E-state index in [9.17, 15) is 4.79 Å². The number of methoxy groups -OCH3 is 2. The van der Waals surface area contributed by atoms with Crippen molar-refractivity contribution in [3.8, 4) is 11.5 Å². The Morgan fingerprint density at radius 2 is 1.82 bits per heavy atom. The van der Waals surface area contributed by atoms with E-state index < -0.39 is 0 Å². The van der Waals surface area contributed by atoms with Crippen molar-refractivity contribution in [3.05, 3.63) is 48.0 Å². The number of hydrogen-bond acceptors (Lipinski definition) is 6. The van der Waals surface area contributed by atoms with Crippen LogP contribution in [0, 0.1) is 0 Å². The van der Waals surface area contributed by atoms with Gasteiger partial charge < -0.3 is 14.4 Å². The van der Waals surface area contributed by atoms with Crippen molar-refractivity contribution >= 4 is 45.0 Å². The Morgan fingerprint density at radius 3 is 2.50 bits per heavy atom. The van der Waals surface area contributed by atoms with Crippen LogP contribution in [0.5, 0.6) is 11.5 Å². The first kappa shape index (κ1) is 21.9. The van der Waals surface area contributed by atoms with Crippen molar-refractivity contribution in [1.82, 2.24) is 9.88 Å². The van der Waals surface area contributed by atoms with Crippen LogP contribution >= 0.6 is 23.7 Å². The van der Waals surface area contributed by atoms with Gasteiger partial charge in [-0.2, -0.15) is 0 Å². The number of amides is 1. The molecule has 6 nitrogen and oxygen atoms in total. The normalized spacial score (nSPS) is 10.6. The summed E-state index contributed by atoms with van der Waals surface area (Å²) in [5.74, 6) is 1.18. The molecule has 0 unspecified atom stereocenters. The molecule has 1 aromatic heterocycles. The summed E-state index contributed by atoms with van der Waals surface area (Å²) in [6.45, 7) is 1.25. The number of hydrogen-bond donors (Lipinski definition) is 0. The molecule has 0 saturated heterocycles. The van der Waals surface area contributed by atoms with Crippen molar-refractivity contribution in [3.63, 3.8) is 0 Å². The summed E-state index contributed by atoms with van der Waals surface area (Å²) in [4.78, 5) is 21.8. The van der Waals surface area contributed by atoms with E-state index in [1.807, 2.05) is 49.3 Å². The molecular weight excluding hydrogens is 398 g/mol. The van der Waals surface area contributed by atoms with Crippen LogP contribution < -0.4 is 14.4 Å². The zero-order chi connectivity index (χ0) is 19.4. The maximum Gasteiger partial charge on any atom is 0.263 e. The van der Waals surface area contributed by atoms with E-state index in [1.165, 1.54) is 11.3 Å². The van der Waals surface area contributed by atoms with E-state index in [-0.39, 0.29) is 18.3 Å². The van der Waals surface area contributed by atoms with Gasteiger partial charge in [-0.15, -0.1) is 12.4 Å². The Morgan fingerprint density at radius 1 is 1.07 bits per heavy atom. The SMILES string of the molecule is COc1ccc2sc(N(CCN(C)C)C(=O)c3ccccc3OC)nc2c1.Cl. The number of aromatic nitrogens is 1. The summed E-state index contributed by atoms with van der Waals surface area (Å²) < 4.78 is 11.7. The molecule has 0 aliphatic rings. The molecule has 0 bridgehead atoms. The third-order valence-electron chi connectivity index (χ3n) is 4.17. The van der Waals surface area contributed by atoms with E-state index in [0.29, 0.717) is 23.0 Å². The molecule has 0 aliphatic heterocycles. The van der Waals surface area contributed by atoms with Crippen LogP contribution in [0.25, 0.3) is 10.2 Å². The highest BCUT2D eigenvalue weighted by molar-refractivity contribution is 7.22. The molecule has 1 heterocycles. The first-order chi connectivity index (χ1) is 13.0. The number of carbonyl (C=O) groups is 1. The van der Waals surface area contributed by atoms with Gasteiger partial charge in [-0.1, -0.05) is 23.5 Å². The van der Waals surface area contributed by atoms with Gasteiger partial charge in [0.25, 0.3) is 5.91 Å². The molecule has 1 amide bonds. The Labute approximate surface area is 175 Å². The number of carbonyl (C=O) groups excluding carboxylic acids is 1. The summed E-state index contributed by atoms with van der Waals surface area (Å²) in [6.07, 6.45) is 0. The third kappa shape index (κ3) is 4.73. The molecule has 0 saturated carbocycles. The van der Waals surface area contributed by atoms with Crippen LogP contribution in [-0.2, 0) is 0 Å². The Kier molecular flexibility index (Phi) is 7.62. The number of para-hydroxylation sites is 1. The first-order valence-corrected chi connectivity index (χ1v) is 9.39. The minimum absolute atomic E-state index is 0. The summed E-state index contributed by atoms with van der Waals surface area (Å²) in [7, 11) is 7.16. The monoisotopic (exact) mass is 421 g/mol. The quantitative estimate of drug-likeness (QED) is 0.578. The summed E-state index contributed by atoms with van der Waals surface area (Å²) >= 11 is 1.49. The molecule has 0 spiro atoms. The van der Waals surface area contributed by atoms with E-state index in [0.717, 1.165) is 22.5 Å². The Balaban J connectivity index is 0.00000280. The molecule has 2 aromatic carbocycles. The number of halogens is 1. The molecule has 0 N–H and O–H groups in total. The highest BCUT2D eigenvalue weighted by atomic mass is 35.5. The Hall–Kier alpha value is -2.35. The topological polar surface area (TPSA) is 54.9 Å². The van der Waals surface area contributed by atoms with Crippen LogP contribution in [0.4, 0.5) is 5.13 Å². The summed E-state index contributed by atoms with van der Waals surface area (Å²) in [6, 6.07) is 13.0. The molecule has 0 atom stereocenters. The van der Waals surface area contributed by atoms with Crippen LogP contribution in [0.15, 0.2) is 42.5 Å². The van der Waals surface area contributed by atoms with E-state index in [2.05, 4.69) is 4.98 Å². The van der Waals surface area contributed by atoms with Crippen LogP contribution in [0.1, 0.15) is 10.4 Å². The van der Waals surface area contributed by atoms with Gasteiger partial charge in [-0.3, -0.25) is 9.69 Å². The third-order valence-corrected chi connectivity index (χ3v) is 5.23. The van der Waals surface area contributed by atoms with Crippen LogP contribution in [-0.4, -0.2) is 57.2 Å². The smallest absolute Gasteiger partial charge is 0.263 e.